The van der Waals surface area contributed by atoms with Crippen LogP contribution in [0.15, 0.2) is 0 Å². The molecule has 0 bridgehead atoms. The van der Waals surface area contributed by atoms with Crippen LogP contribution in [0, 0.1) is 0 Å². The molecular formula is C15H31N3O. The number of carbonyl (C=O) groups excluding carboxylic acids is 1. The highest BCUT2D eigenvalue weighted by Gasteiger charge is 2.15. The fourth-order valence-corrected chi connectivity index (χ4v) is 2.72. The van der Waals surface area contributed by atoms with Gasteiger partial charge in [0.1, 0.15) is 0 Å². The minimum atomic E-state index is 0.188. The standard InChI is InChI=1S/C15H31N3O/c1-18(12-8-4-7-11-16)13-15(19)17-14-9-5-2-3-6-10-14/h14H,2-13,16H2,1H3,(H,17,19). The van der Waals surface area contributed by atoms with Gasteiger partial charge in [0.15, 0.2) is 0 Å². The first-order valence-corrected chi connectivity index (χ1v) is 7.90. The molecule has 112 valence electrons. The van der Waals surface area contributed by atoms with Gasteiger partial charge in [-0.2, -0.15) is 0 Å². The van der Waals surface area contributed by atoms with Gasteiger partial charge in [0.25, 0.3) is 0 Å². The van der Waals surface area contributed by atoms with E-state index in [9.17, 15) is 4.79 Å². The SMILES string of the molecule is CN(CCCCCN)CC(=O)NC1CCCCCC1. The lowest BCUT2D eigenvalue weighted by Gasteiger charge is -2.20. The second-order valence-electron chi connectivity index (χ2n) is 5.84. The maximum absolute atomic E-state index is 12.0. The van der Waals surface area contributed by atoms with Gasteiger partial charge in [0.05, 0.1) is 6.54 Å². The van der Waals surface area contributed by atoms with Crippen molar-refractivity contribution in [2.45, 2.75) is 63.8 Å². The minimum absolute atomic E-state index is 0.188. The van der Waals surface area contributed by atoms with Crippen molar-refractivity contribution in [1.82, 2.24) is 10.2 Å². The summed E-state index contributed by atoms with van der Waals surface area (Å²) in [6.45, 7) is 2.28. The number of hydrogen-bond donors (Lipinski definition) is 2. The van der Waals surface area contributed by atoms with Crippen LogP contribution < -0.4 is 11.1 Å². The van der Waals surface area contributed by atoms with Crippen molar-refractivity contribution in [3.8, 4) is 0 Å². The lowest BCUT2D eigenvalue weighted by atomic mass is 10.1. The lowest BCUT2D eigenvalue weighted by molar-refractivity contribution is -0.122. The van der Waals surface area contributed by atoms with Crippen LogP contribution in [0.4, 0.5) is 0 Å². The molecule has 0 spiro atoms. The van der Waals surface area contributed by atoms with Gasteiger partial charge in [-0.05, 0) is 45.8 Å². The van der Waals surface area contributed by atoms with E-state index in [0.717, 1.165) is 45.2 Å². The summed E-state index contributed by atoms with van der Waals surface area (Å²) in [6.07, 6.45) is 10.9. The molecular weight excluding hydrogens is 238 g/mol. The van der Waals surface area contributed by atoms with Crippen molar-refractivity contribution in [2.75, 3.05) is 26.7 Å². The van der Waals surface area contributed by atoms with E-state index in [-0.39, 0.29) is 5.91 Å². The van der Waals surface area contributed by atoms with Gasteiger partial charge >= 0.3 is 0 Å². The number of rotatable bonds is 8. The summed E-state index contributed by atoms with van der Waals surface area (Å²) in [7, 11) is 2.02. The van der Waals surface area contributed by atoms with E-state index in [1.54, 1.807) is 0 Å². The Hall–Kier alpha value is -0.610. The highest BCUT2D eigenvalue weighted by molar-refractivity contribution is 5.78. The van der Waals surface area contributed by atoms with Gasteiger partial charge in [0, 0.05) is 6.04 Å². The number of hydrogen-bond acceptors (Lipinski definition) is 3. The van der Waals surface area contributed by atoms with E-state index in [0.29, 0.717) is 12.6 Å². The molecule has 0 aliphatic heterocycles. The monoisotopic (exact) mass is 269 g/mol. The Labute approximate surface area is 118 Å². The predicted octanol–water partition coefficient (Wildman–Crippen LogP) is 1.89. The van der Waals surface area contributed by atoms with Gasteiger partial charge in [-0.25, -0.2) is 0 Å². The molecule has 3 N–H and O–H groups in total. The first-order valence-electron chi connectivity index (χ1n) is 7.90. The van der Waals surface area contributed by atoms with E-state index < -0.39 is 0 Å². The molecule has 0 atom stereocenters. The number of nitrogens with two attached hydrogens (primary N) is 1. The third-order valence-corrected chi connectivity index (χ3v) is 3.88. The molecule has 1 rings (SSSR count). The number of amides is 1. The molecule has 4 heteroatoms. The van der Waals surface area contributed by atoms with E-state index >= 15 is 0 Å². The Bertz CT molecular complexity index is 238. The highest BCUT2D eigenvalue weighted by atomic mass is 16.2. The Morgan fingerprint density at radius 2 is 1.84 bits per heavy atom. The Balaban J connectivity index is 2.11. The number of unbranched alkanes of at least 4 members (excludes halogenated alkanes) is 2. The molecule has 0 heterocycles. The molecule has 1 aliphatic rings. The summed E-state index contributed by atoms with van der Waals surface area (Å²) in [6, 6.07) is 0.417. The quantitative estimate of drug-likeness (QED) is 0.522. The van der Waals surface area contributed by atoms with Gasteiger partial charge < -0.3 is 11.1 Å². The van der Waals surface area contributed by atoms with Gasteiger partial charge in [0.2, 0.25) is 5.91 Å². The van der Waals surface area contributed by atoms with Crippen LogP contribution in [-0.4, -0.2) is 43.5 Å². The maximum Gasteiger partial charge on any atom is 0.234 e. The zero-order chi connectivity index (χ0) is 13.9. The van der Waals surface area contributed by atoms with Crippen LogP contribution in [0.1, 0.15) is 57.8 Å². The van der Waals surface area contributed by atoms with Crippen molar-refractivity contribution < 1.29 is 4.79 Å². The van der Waals surface area contributed by atoms with Crippen LogP contribution in [0.3, 0.4) is 0 Å². The third-order valence-electron chi connectivity index (χ3n) is 3.88. The molecule has 1 amide bonds. The molecule has 0 aromatic rings. The van der Waals surface area contributed by atoms with Crippen LogP contribution in [-0.2, 0) is 4.79 Å². The van der Waals surface area contributed by atoms with Gasteiger partial charge in [-0.3, -0.25) is 9.69 Å². The van der Waals surface area contributed by atoms with Crippen LogP contribution in [0.25, 0.3) is 0 Å². The molecule has 19 heavy (non-hydrogen) atoms. The van der Waals surface area contributed by atoms with Crippen molar-refractivity contribution >= 4 is 5.91 Å². The zero-order valence-electron chi connectivity index (χ0n) is 12.5. The summed E-state index contributed by atoms with van der Waals surface area (Å²) in [5.41, 5.74) is 5.47. The average Bonchev–Trinajstić information content (AvgIpc) is 2.63. The van der Waals surface area contributed by atoms with Crippen LogP contribution >= 0.6 is 0 Å². The average molecular weight is 269 g/mol. The van der Waals surface area contributed by atoms with Gasteiger partial charge in [-0.15, -0.1) is 0 Å². The topological polar surface area (TPSA) is 58.4 Å². The molecule has 1 saturated carbocycles. The lowest BCUT2D eigenvalue weighted by Crippen LogP contribution is -2.41. The summed E-state index contributed by atoms with van der Waals surface area (Å²) in [4.78, 5) is 14.1. The summed E-state index contributed by atoms with van der Waals surface area (Å²) < 4.78 is 0. The molecule has 0 saturated heterocycles. The largest absolute Gasteiger partial charge is 0.352 e. The number of carbonyl (C=O) groups is 1. The minimum Gasteiger partial charge on any atom is -0.352 e. The first kappa shape index (κ1) is 16.4. The van der Waals surface area contributed by atoms with Crippen LogP contribution in [0.2, 0.25) is 0 Å². The third kappa shape index (κ3) is 8.22. The molecule has 0 unspecified atom stereocenters. The smallest absolute Gasteiger partial charge is 0.234 e. The molecule has 1 fully saturated rings. The summed E-state index contributed by atoms with van der Waals surface area (Å²) in [5.74, 6) is 0.188. The van der Waals surface area contributed by atoms with E-state index in [2.05, 4.69) is 10.2 Å². The Morgan fingerprint density at radius 3 is 2.47 bits per heavy atom. The fraction of sp³-hybridized carbons (Fsp3) is 0.933. The summed E-state index contributed by atoms with van der Waals surface area (Å²) in [5, 5.41) is 3.19. The first-order chi connectivity index (χ1) is 9.22. The van der Waals surface area contributed by atoms with Crippen molar-refractivity contribution in [3.63, 3.8) is 0 Å². The molecule has 0 radical (unpaired) electrons. The van der Waals surface area contributed by atoms with E-state index in [1.807, 2.05) is 7.05 Å². The highest BCUT2D eigenvalue weighted by Crippen LogP contribution is 2.17. The predicted molar refractivity (Wildman–Crippen MR) is 80.0 cm³/mol. The number of nitrogens with zero attached hydrogens (tertiary/aromatic N) is 1. The van der Waals surface area contributed by atoms with E-state index in [4.69, 9.17) is 5.73 Å². The van der Waals surface area contributed by atoms with Gasteiger partial charge in [-0.1, -0.05) is 32.1 Å². The molecule has 4 nitrogen and oxygen atoms in total. The summed E-state index contributed by atoms with van der Waals surface area (Å²) >= 11 is 0. The van der Waals surface area contributed by atoms with Crippen LogP contribution in [0.5, 0.6) is 0 Å². The second kappa shape index (κ2) is 10.2. The molecule has 1 aliphatic carbocycles. The zero-order valence-corrected chi connectivity index (χ0v) is 12.5. The number of likely N-dealkylation sites (N-methyl/N-ethyl adjacent to an activating group) is 1. The molecule has 0 aromatic heterocycles. The Morgan fingerprint density at radius 1 is 1.16 bits per heavy atom. The van der Waals surface area contributed by atoms with Crippen molar-refractivity contribution in [2.24, 2.45) is 5.73 Å². The van der Waals surface area contributed by atoms with Crippen molar-refractivity contribution in [3.05, 3.63) is 0 Å². The van der Waals surface area contributed by atoms with E-state index in [1.165, 1.54) is 25.7 Å². The van der Waals surface area contributed by atoms with Crippen molar-refractivity contribution in [1.29, 1.82) is 0 Å². The number of nitrogens with one attached hydrogen (secondary N) is 1. The maximum atomic E-state index is 12.0. The normalized spacial score (nSPS) is 17.4. The molecule has 0 aromatic carbocycles. The second-order valence-corrected chi connectivity index (χ2v) is 5.84. The fourth-order valence-electron chi connectivity index (χ4n) is 2.72. The Kier molecular flexibility index (Phi) is 8.84.